The van der Waals surface area contributed by atoms with Crippen molar-refractivity contribution in [1.82, 2.24) is 4.98 Å². The lowest BCUT2D eigenvalue weighted by Gasteiger charge is -2.06. The Morgan fingerprint density at radius 2 is 1.90 bits per heavy atom. The van der Waals surface area contributed by atoms with Crippen LogP contribution in [0, 0.1) is 27.6 Å². The molecule has 5 nitrogen and oxygen atoms in total. The predicted octanol–water partition coefficient (Wildman–Crippen LogP) is 3.12. The Labute approximate surface area is 111 Å². The van der Waals surface area contributed by atoms with E-state index < -0.39 is 22.4 Å². The fourth-order valence-electron chi connectivity index (χ4n) is 1.61. The van der Waals surface area contributed by atoms with Crippen molar-refractivity contribution in [3.8, 4) is 11.3 Å². The highest BCUT2D eigenvalue weighted by Gasteiger charge is 2.18. The summed E-state index contributed by atoms with van der Waals surface area (Å²) in [5, 5.41) is 13.4. The van der Waals surface area contributed by atoms with E-state index in [0.29, 0.717) is 0 Å². The number of nitro groups is 1. The molecular weight excluding hydrogens is 275 g/mol. The highest BCUT2D eigenvalue weighted by atomic mass is 19.2. The molecule has 0 unspecified atom stereocenters. The summed E-state index contributed by atoms with van der Waals surface area (Å²) in [6.45, 7) is 0. The van der Waals surface area contributed by atoms with Crippen molar-refractivity contribution in [2.24, 2.45) is 0 Å². The molecule has 0 amide bonds. The molecule has 0 aliphatic heterocycles. The Morgan fingerprint density at radius 1 is 1.20 bits per heavy atom. The average Bonchev–Trinajstić information content (AvgIpc) is 2.44. The molecule has 0 saturated heterocycles. The van der Waals surface area contributed by atoms with E-state index in [9.17, 15) is 23.3 Å². The second-order valence-electron chi connectivity index (χ2n) is 3.83. The Bertz CT molecular complexity index is 692. The third-order valence-electron chi connectivity index (χ3n) is 2.59. The minimum atomic E-state index is -1.65. The summed E-state index contributed by atoms with van der Waals surface area (Å²) >= 11 is 0. The number of anilines is 1. The average molecular weight is 283 g/mol. The second kappa shape index (κ2) is 5.16. The second-order valence-corrected chi connectivity index (χ2v) is 3.83. The van der Waals surface area contributed by atoms with Crippen LogP contribution in [0.15, 0.2) is 24.3 Å². The lowest BCUT2D eigenvalue weighted by atomic mass is 10.1. The number of halogens is 3. The number of nitrogens with one attached hydrogen (secondary N) is 1. The van der Waals surface area contributed by atoms with Gasteiger partial charge in [0.2, 0.25) is 0 Å². The van der Waals surface area contributed by atoms with Crippen molar-refractivity contribution >= 4 is 11.5 Å². The van der Waals surface area contributed by atoms with Crippen LogP contribution in [0.1, 0.15) is 0 Å². The summed E-state index contributed by atoms with van der Waals surface area (Å²) in [6.07, 6.45) is 0. The molecule has 1 heterocycles. The van der Waals surface area contributed by atoms with Crippen molar-refractivity contribution < 1.29 is 18.1 Å². The van der Waals surface area contributed by atoms with Gasteiger partial charge in [0, 0.05) is 18.7 Å². The van der Waals surface area contributed by atoms with Crippen LogP contribution in [0.5, 0.6) is 0 Å². The maximum Gasteiger partial charge on any atom is 0.275 e. The van der Waals surface area contributed by atoms with E-state index in [1.807, 2.05) is 0 Å². The number of benzene rings is 1. The first-order chi connectivity index (χ1) is 9.43. The van der Waals surface area contributed by atoms with Gasteiger partial charge >= 0.3 is 0 Å². The molecule has 104 valence electrons. The van der Waals surface area contributed by atoms with E-state index in [2.05, 4.69) is 10.3 Å². The van der Waals surface area contributed by atoms with Gasteiger partial charge in [0.05, 0.1) is 16.7 Å². The lowest BCUT2D eigenvalue weighted by molar-refractivity contribution is -0.384. The van der Waals surface area contributed by atoms with Crippen LogP contribution in [0.4, 0.5) is 24.7 Å². The van der Waals surface area contributed by atoms with Crippen molar-refractivity contribution in [2.45, 2.75) is 0 Å². The molecule has 0 bridgehead atoms. The standard InChI is InChI=1S/C12H8F3N3O2/c1-16-10-5-6(18(19)20)4-9(17-10)7-2-3-8(13)12(15)11(7)14/h2-5H,1H3,(H,16,17). The molecule has 2 rings (SSSR count). The van der Waals surface area contributed by atoms with E-state index >= 15 is 0 Å². The van der Waals surface area contributed by atoms with Crippen LogP contribution >= 0.6 is 0 Å². The molecule has 1 N–H and O–H groups in total. The molecule has 0 fully saturated rings. The fourth-order valence-corrected chi connectivity index (χ4v) is 1.61. The van der Waals surface area contributed by atoms with Gasteiger partial charge in [0.15, 0.2) is 17.5 Å². The summed E-state index contributed by atoms with van der Waals surface area (Å²) in [5.74, 6) is -4.33. The first kappa shape index (κ1) is 13.8. The summed E-state index contributed by atoms with van der Waals surface area (Å²) < 4.78 is 39.7. The highest BCUT2D eigenvalue weighted by Crippen LogP contribution is 2.28. The monoisotopic (exact) mass is 283 g/mol. The van der Waals surface area contributed by atoms with Gasteiger partial charge in [-0.15, -0.1) is 0 Å². The quantitative estimate of drug-likeness (QED) is 0.534. The van der Waals surface area contributed by atoms with E-state index in [1.165, 1.54) is 7.05 Å². The number of rotatable bonds is 3. The van der Waals surface area contributed by atoms with Gasteiger partial charge in [0.1, 0.15) is 5.82 Å². The predicted molar refractivity (Wildman–Crippen MR) is 65.7 cm³/mol. The number of pyridine rings is 1. The Balaban J connectivity index is 2.66. The largest absolute Gasteiger partial charge is 0.373 e. The third-order valence-corrected chi connectivity index (χ3v) is 2.59. The normalized spacial score (nSPS) is 10.4. The molecule has 0 radical (unpaired) electrons. The molecular formula is C12H8F3N3O2. The zero-order valence-electron chi connectivity index (χ0n) is 10.2. The summed E-state index contributed by atoms with van der Waals surface area (Å²) in [4.78, 5) is 14.0. The fraction of sp³-hybridized carbons (Fsp3) is 0.0833. The molecule has 0 aliphatic rings. The van der Waals surface area contributed by atoms with Gasteiger partial charge in [-0.1, -0.05) is 0 Å². The molecule has 8 heteroatoms. The molecule has 0 aliphatic carbocycles. The minimum absolute atomic E-state index is 0.110. The van der Waals surface area contributed by atoms with E-state index in [1.54, 1.807) is 0 Å². The Morgan fingerprint density at radius 3 is 2.50 bits per heavy atom. The van der Waals surface area contributed by atoms with Gasteiger partial charge < -0.3 is 5.32 Å². The highest BCUT2D eigenvalue weighted by molar-refractivity contribution is 5.66. The maximum atomic E-state index is 13.7. The van der Waals surface area contributed by atoms with Crippen molar-refractivity contribution in [3.05, 3.63) is 51.8 Å². The molecule has 0 atom stereocenters. The Kier molecular flexibility index (Phi) is 3.55. The van der Waals surface area contributed by atoms with Gasteiger partial charge in [0.25, 0.3) is 5.69 Å². The van der Waals surface area contributed by atoms with Crippen molar-refractivity contribution in [2.75, 3.05) is 12.4 Å². The smallest absolute Gasteiger partial charge is 0.275 e. The molecule has 1 aromatic heterocycles. The van der Waals surface area contributed by atoms with E-state index in [0.717, 1.165) is 24.3 Å². The lowest BCUT2D eigenvalue weighted by Crippen LogP contribution is -2.00. The number of hydrogen-bond acceptors (Lipinski definition) is 4. The summed E-state index contributed by atoms with van der Waals surface area (Å²) in [7, 11) is 1.47. The zero-order valence-corrected chi connectivity index (χ0v) is 10.2. The summed E-state index contributed by atoms with van der Waals surface area (Å²) in [6, 6.07) is 3.82. The van der Waals surface area contributed by atoms with Crippen LogP contribution in [0.3, 0.4) is 0 Å². The Hall–Kier alpha value is -2.64. The van der Waals surface area contributed by atoms with Gasteiger partial charge in [-0.2, -0.15) is 0 Å². The van der Waals surface area contributed by atoms with Crippen molar-refractivity contribution in [3.63, 3.8) is 0 Å². The minimum Gasteiger partial charge on any atom is -0.373 e. The third kappa shape index (κ3) is 2.40. The van der Waals surface area contributed by atoms with Crippen LogP contribution in [-0.4, -0.2) is 17.0 Å². The van der Waals surface area contributed by atoms with Gasteiger partial charge in [-0.3, -0.25) is 10.1 Å². The molecule has 20 heavy (non-hydrogen) atoms. The van der Waals surface area contributed by atoms with Crippen LogP contribution in [0.25, 0.3) is 11.3 Å². The SMILES string of the molecule is CNc1cc([N+](=O)[O-])cc(-c2ccc(F)c(F)c2F)n1. The van der Waals surface area contributed by atoms with Gasteiger partial charge in [-0.25, -0.2) is 18.2 Å². The number of hydrogen-bond donors (Lipinski definition) is 1. The number of nitrogens with zero attached hydrogens (tertiary/aromatic N) is 2. The molecule has 1 aromatic carbocycles. The zero-order chi connectivity index (χ0) is 14.9. The molecule has 2 aromatic rings. The molecule has 0 spiro atoms. The van der Waals surface area contributed by atoms with E-state index in [4.69, 9.17) is 0 Å². The first-order valence-corrected chi connectivity index (χ1v) is 5.42. The van der Waals surface area contributed by atoms with Crippen molar-refractivity contribution in [1.29, 1.82) is 0 Å². The van der Waals surface area contributed by atoms with Crippen LogP contribution in [0.2, 0.25) is 0 Å². The first-order valence-electron chi connectivity index (χ1n) is 5.42. The number of aromatic nitrogens is 1. The van der Waals surface area contributed by atoms with Crippen LogP contribution < -0.4 is 5.32 Å². The molecule has 0 saturated carbocycles. The van der Waals surface area contributed by atoms with E-state index in [-0.39, 0.29) is 22.8 Å². The van der Waals surface area contributed by atoms with Gasteiger partial charge in [-0.05, 0) is 12.1 Å². The topological polar surface area (TPSA) is 68.1 Å². The summed E-state index contributed by atoms with van der Waals surface area (Å²) in [5.41, 5.74) is -0.868. The maximum absolute atomic E-state index is 13.7. The van der Waals surface area contributed by atoms with Crippen LogP contribution in [-0.2, 0) is 0 Å².